The van der Waals surface area contributed by atoms with Crippen LogP contribution >= 0.6 is 12.4 Å². The maximum atomic E-state index is 12.3. The molecule has 0 aromatic heterocycles. The highest BCUT2D eigenvalue weighted by molar-refractivity contribution is 7.89. The van der Waals surface area contributed by atoms with Gasteiger partial charge in [0.15, 0.2) is 0 Å². The number of nitrogens with two attached hydrogens (primary N) is 1. The molecule has 126 valence electrons. The highest BCUT2D eigenvalue weighted by atomic mass is 35.5. The molecule has 0 aliphatic heterocycles. The molecule has 1 aromatic carbocycles. The number of rotatable bonds is 7. The zero-order chi connectivity index (χ0) is 16.2. The van der Waals surface area contributed by atoms with E-state index in [2.05, 4.69) is 4.72 Å². The van der Waals surface area contributed by atoms with E-state index in [1.54, 1.807) is 6.92 Å². The van der Waals surface area contributed by atoms with E-state index in [0.717, 1.165) is 6.07 Å². The summed E-state index contributed by atoms with van der Waals surface area (Å²) in [6, 6.07) is 3.45. The minimum Gasteiger partial charge on any atom is -0.329 e. The van der Waals surface area contributed by atoms with Crippen LogP contribution in [0.4, 0.5) is 5.69 Å². The predicted molar refractivity (Wildman–Crippen MR) is 87.7 cm³/mol. The third-order valence-corrected chi connectivity index (χ3v) is 4.57. The fourth-order valence-corrected chi connectivity index (χ4v) is 3.28. The fraction of sp³-hybridized carbons (Fsp3) is 0.538. The average Bonchev–Trinajstić information content (AvgIpc) is 2.36. The lowest BCUT2D eigenvalue weighted by Gasteiger charge is -2.18. The van der Waals surface area contributed by atoms with Gasteiger partial charge < -0.3 is 5.73 Å². The second kappa shape index (κ2) is 8.42. The molecule has 7 nitrogen and oxygen atoms in total. The van der Waals surface area contributed by atoms with E-state index in [1.165, 1.54) is 12.1 Å². The Hall–Kier alpha value is -1.22. The topological polar surface area (TPSA) is 115 Å². The molecular weight excluding hydrogens is 330 g/mol. The summed E-state index contributed by atoms with van der Waals surface area (Å²) >= 11 is 0. The van der Waals surface area contributed by atoms with Crippen molar-refractivity contribution in [2.75, 3.05) is 6.54 Å². The van der Waals surface area contributed by atoms with Crippen LogP contribution in [0.5, 0.6) is 0 Å². The first kappa shape index (κ1) is 20.8. The Kier molecular flexibility index (Phi) is 7.96. The van der Waals surface area contributed by atoms with Crippen LogP contribution in [0.1, 0.15) is 25.8 Å². The lowest BCUT2D eigenvalue weighted by molar-refractivity contribution is -0.385. The molecular formula is C13H22ClN3O4S. The van der Waals surface area contributed by atoms with Crippen LogP contribution in [0.15, 0.2) is 23.1 Å². The molecule has 1 rings (SSSR count). The van der Waals surface area contributed by atoms with Crippen LogP contribution in [0.2, 0.25) is 0 Å². The first-order chi connectivity index (χ1) is 9.67. The van der Waals surface area contributed by atoms with Gasteiger partial charge in [-0.2, -0.15) is 0 Å². The minimum absolute atomic E-state index is 0. The summed E-state index contributed by atoms with van der Waals surface area (Å²) in [6.07, 6.45) is 0.601. The van der Waals surface area contributed by atoms with Crippen molar-refractivity contribution in [1.29, 1.82) is 0 Å². The molecule has 1 unspecified atom stereocenters. The third kappa shape index (κ3) is 5.53. The van der Waals surface area contributed by atoms with Gasteiger partial charge in [0.25, 0.3) is 5.69 Å². The van der Waals surface area contributed by atoms with Crippen molar-refractivity contribution in [2.45, 2.75) is 38.1 Å². The van der Waals surface area contributed by atoms with E-state index in [0.29, 0.717) is 12.0 Å². The number of nitrogens with one attached hydrogen (secondary N) is 1. The van der Waals surface area contributed by atoms with Crippen LogP contribution in [-0.4, -0.2) is 25.9 Å². The lowest BCUT2D eigenvalue weighted by atomic mass is 10.1. The van der Waals surface area contributed by atoms with Crippen molar-refractivity contribution >= 4 is 28.1 Å². The number of hydrogen-bond donors (Lipinski definition) is 2. The summed E-state index contributed by atoms with van der Waals surface area (Å²) in [6.45, 7) is 5.66. The van der Waals surface area contributed by atoms with Crippen LogP contribution in [0, 0.1) is 23.0 Å². The number of aryl methyl sites for hydroxylation is 1. The quantitative estimate of drug-likeness (QED) is 0.575. The van der Waals surface area contributed by atoms with Crippen molar-refractivity contribution < 1.29 is 13.3 Å². The number of sulfonamides is 1. The molecule has 0 spiro atoms. The number of nitrogens with zero attached hydrogens (tertiary/aromatic N) is 1. The van der Waals surface area contributed by atoms with Gasteiger partial charge in [0, 0.05) is 24.2 Å². The molecule has 3 N–H and O–H groups in total. The average molecular weight is 352 g/mol. The van der Waals surface area contributed by atoms with Crippen molar-refractivity contribution in [2.24, 2.45) is 11.7 Å². The van der Waals surface area contributed by atoms with Crippen LogP contribution < -0.4 is 10.5 Å². The SMILES string of the molecule is Cc1ccc(S(=O)(=O)NC(CN)CC(C)C)cc1[N+](=O)[O-].Cl. The van der Waals surface area contributed by atoms with Gasteiger partial charge in [0.2, 0.25) is 10.0 Å². The largest absolute Gasteiger partial charge is 0.329 e. The van der Waals surface area contributed by atoms with Crippen LogP contribution in [-0.2, 0) is 10.0 Å². The van der Waals surface area contributed by atoms with Crippen molar-refractivity contribution in [3.8, 4) is 0 Å². The number of benzene rings is 1. The maximum Gasteiger partial charge on any atom is 0.273 e. The van der Waals surface area contributed by atoms with Gasteiger partial charge in [-0.15, -0.1) is 12.4 Å². The molecule has 0 aliphatic carbocycles. The summed E-state index contributed by atoms with van der Waals surface area (Å²) in [5, 5.41) is 10.9. The Labute approximate surface area is 136 Å². The Morgan fingerprint density at radius 3 is 2.41 bits per heavy atom. The molecule has 0 radical (unpaired) electrons. The first-order valence-electron chi connectivity index (χ1n) is 6.64. The number of hydrogen-bond acceptors (Lipinski definition) is 5. The summed E-state index contributed by atoms with van der Waals surface area (Å²) in [7, 11) is -3.82. The molecule has 1 atom stereocenters. The molecule has 0 amide bonds. The van der Waals surface area contributed by atoms with Crippen LogP contribution in [0.3, 0.4) is 0 Å². The van der Waals surface area contributed by atoms with Crippen LogP contribution in [0.25, 0.3) is 0 Å². The minimum atomic E-state index is -3.82. The molecule has 9 heteroatoms. The number of nitro benzene ring substituents is 1. The number of halogens is 1. The van der Waals surface area contributed by atoms with Crippen molar-refractivity contribution in [3.05, 3.63) is 33.9 Å². The van der Waals surface area contributed by atoms with Gasteiger partial charge >= 0.3 is 0 Å². The van der Waals surface area contributed by atoms with E-state index < -0.39 is 21.0 Å². The Balaban J connectivity index is 0.00000441. The zero-order valence-corrected chi connectivity index (χ0v) is 14.4. The Morgan fingerprint density at radius 1 is 1.36 bits per heavy atom. The summed E-state index contributed by atoms with van der Waals surface area (Å²) in [4.78, 5) is 10.2. The molecule has 0 aliphatic rings. The highest BCUT2D eigenvalue weighted by Gasteiger charge is 2.23. The maximum absolute atomic E-state index is 12.3. The van der Waals surface area contributed by atoms with Crippen molar-refractivity contribution in [3.63, 3.8) is 0 Å². The van der Waals surface area contributed by atoms with Crippen molar-refractivity contribution in [1.82, 2.24) is 4.72 Å². The molecule has 0 heterocycles. The molecule has 0 fully saturated rings. The van der Waals surface area contributed by atoms with E-state index in [9.17, 15) is 18.5 Å². The standard InChI is InChI=1S/C13H21N3O4S.ClH/c1-9(2)6-11(8-14)15-21(19,20)12-5-4-10(3)13(7-12)16(17)18;/h4-5,7,9,11,15H,6,8,14H2,1-3H3;1H. The predicted octanol–water partition coefficient (Wildman–Crippen LogP) is 1.98. The molecule has 0 saturated heterocycles. The van der Waals surface area contributed by atoms with E-state index >= 15 is 0 Å². The second-order valence-corrected chi connectivity index (χ2v) is 7.10. The molecule has 0 bridgehead atoms. The normalized spacial score (nSPS) is 12.8. The van der Waals surface area contributed by atoms with Gasteiger partial charge in [0.1, 0.15) is 0 Å². The van der Waals surface area contributed by atoms with Gasteiger partial charge in [-0.3, -0.25) is 10.1 Å². The van der Waals surface area contributed by atoms with E-state index in [-0.39, 0.29) is 35.5 Å². The van der Waals surface area contributed by atoms with E-state index in [4.69, 9.17) is 5.73 Å². The fourth-order valence-electron chi connectivity index (χ4n) is 2.00. The Morgan fingerprint density at radius 2 is 1.95 bits per heavy atom. The number of nitro groups is 1. The first-order valence-corrected chi connectivity index (χ1v) is 8.13. The monoisotopic (exact) mass is 351 g/mol. The van der Waals surface area contributed by atoms with Gasteiger partial charge in [-0.25, -0.2) is 13.1 Å². The second-order valence-electron chi connectivity index (χ2n) is 5.39. The third-order valence-electron chi connectivity index (χ3n) is 3.05. The molecule has 22 heavy (non-hydrogen) atoms. The summed E-state index contributed by atoms with van der Waals surface area (Å²) in [5.74, 6) is 0.286. The molecule has 1 aromatic rings. The Bertz CT molecular complexity index is 620. The van der Waals surface area contributed by atoms with Gasteiger partial charge in [-0.1, -0.05) is 19.9 Å². The highest BCUT2D eigenvalue weighted by Crippen LogP contribution is 2.22. The smallest absolute Gasteiger partial charge is 0.273 e. The van der Waals surface area contributed by atoms with E-state index in [1.807, 2.05) is 13.8 Å². The zero-order valence-electron chi connectivity index (χ0n) is 12.8. The van der Waals surface area contributed by atoms with Gasteiger partial charge in [0.05, 0.1) is 9.82 Å². The molecule has 0 saturated carbocycles. The van der Waals surface area contributed by atoms with Gasteiger partial charge in [-0.05, 0) is 25.3 Å². The summed E-state index contributed by atoms with van der Waals surface area (Å²) in [5.41, 5.74) is 5.77. The lowest BCUT2D eigenvalue weighted by Crippen LogP contribution is -2.40. The summed E-state index contributed by atoms with van der Waals surface area (Å²) < 4.78 is 27.1.